The number of thiocarbonyl (C=S) groups is 1. The zero-order valence-electron chi connectivity index (χ0n) is 11.9. The Morgan fingerprint density at radius 2 is 2.00 bits per heavy atom. The summed E-state index contributed by atoms with van der Waals surface area (Å²) in [6, 6.07) is 0. The Hall–Kier alpha value is -0.680. The van der Waals surface area contributed by atoms with Gasteiger partial charge in [0.2, 0.25) is 5.91 Å². The van der Waals surface area contributed by atoms with E-state index in [-0.39, 0.29) is 11.8 Å². The highest BCUT2D eigenvalue weighted by Gasteiger charge is 2.40. The van der Waals surface area contributed by atoms with Gasteiger partial charge in [-0.2, -0.15) is 0 Å². The monoisotopic (exact) mass is 283 g/mol. The number of nitrogens with two attached hydrogens (primary N) is 1. The standard InChI is InChI=1S/C14H25N3OS/c1-10-4-3-5-11(10)12(18)16-14(13(15)19)6-8-17(2)9-7-14/h10-11H,3-9H2,1-2H3,(H2,15,19)(H,16,18). The van der Waals surface area contributed by atoms with Crippen LogP contribution in [0.2, 0.25) is 0 Å². The molecule has 2 unspecified atom stereocenters. The lowest BCUT2D eigenvalue weighted by Gasteiger charge is -2.41. The third-order valence-electron chi connectivity index (χ3n) is 4.87. The predicted molar refractivity (Wildman–Crippen MR) is 80.9 cm³/mol. The molecule has 2 rings (SSSR count). The molecule has 1 aliphatic carbocycles. The van der Waals surface area contributed by atoms with Gasteiger partial charge in [0.25, 0.3) is 0 Å². The maximum atomic E-state index is 12.5. The van der Waals surface area contributed by atoms with E-state index in [2.05, 4.69) is 24.2 Å². The van der Waals surface area contributed by atoms with Gasteiger partial charge in [0.05, 0.1) is 10.5 Å². The molecule has 2 atom stereocenters. The van der Waals surface area contributed by atoms with Crippen LogP contribution in [-0.2, 0) is 4.79 Å². The fourth-order valence-corrected chi connectivity index (χ4v) is 3.55. The van der Waals surface area contributed by atoms with Gasteiger partial charge in [0.1, 0.15) is 0 Å². The molecule has 0 aromatic carbocycles. The molecular formula is C14H25N3OS. The number of carbonyl (C=O) groups is 1. The number of nitrogens with one attached hydrogen (secondary N) is 1. The van der Waals surface area contributed by atoms with Crippen LogP contribution in [0.4, 0.5) is 0 Å². The summed E-state index contributed by atoms with van der Waals surface area (Å²) in [5.41, 5.74) is 5.47. The summed E-state index contributed by atoms with van der Waals surface area (Å²) in [5, 5.41) is 3.19. The number of hydrogen-bond donors (Lipinski definition) is 2. The van der Waals surface area contributed by atoms with E-state index >= 15 is 0 Å². The molecular weight excluding hydrogens is 258 g/mol. The predicted octanol–water partition coefficient (Wildman–Crippen LogP) is 1.29. The molecule has 3 N–H and O–H groups in total. The number of nitrogens with zero attached hydrogens (tertiary/aromatic N) is 1. The third kappa shape index (κ3) is 3.08. The molecule has 1 saturated heterocycles. The van der Waals surface area contributed by atoms with Gasteiger partial charge in [0, 0.05) is 19.0 Å². The van der Waals surface area contributed by atoms with Crippen LogP contribution < -0.4 is 11.1 Å². The molecule has 19 heavy (non-hydrogen) atoms. The van der Waals surface area contributed by atoms with E-state index in [0.29, 0.717) is 10.9 Å². The molecule has 5 heteroatoms. The second-order valence-electron chi connectivity index (χ2n) is 6.25. The summed E-state index contributed by atoms with van der Waals surface area (Å²) >= 11 is 5.23. The Kier molecular flexibility index (Phi) is 4.46. The zero-order chi connectivity index (χ0) is 14.0. The largest absolute Gasteiger partial charge is 0.391 e. The maximum absolute atomic E-state index is 12.5. The summed E-state index contributed by atoms with van der Waals surface area (Å²) < 4.78 is 0. The van der Waals surface area contributed by atoms with Crippen molar-refractivity contribution in [1.29, 1.82) is 0 Å². The van der Waals surface area contributed by atoms with Crippen LogP contribution in [-0.4, -0.2) is 41.5 Å². The topological polar surface area (TPSA) is 58.4 Å². The Morgan fingerprint density at radius 1 is 1.37 bits per heavy atom. The highest BCUT2D eigenvalue weighted by atomic mass is 32.1. The lowest BCUT2D eigenvalue weighted by Crippen LogP contribution is -2.62. The van der Waals surface area contributed by atoms with Gasteiger partial charge in [-0.1, -0.05) is 25.6 Å². The number of hydrogen-bond acceptors (Lipinski definition) is 3. The van der Waals surface area contributed by atoms with Gasteiger partial charge in [-0.15, -0.1) is 0 Å². The van der Waals surface area contributed by atoms with E-state index in [1.807, 2.05) is 0 Å². The minimum Gasteiger partial charge on any atom is -0.391 e. The van der Waals surface area contributed by atoms with Crippen LogP contribution in [0.25, 0.3) is 0 Å². The van der Waals surface area contributed by atoms with E-state index in [0.717, 1.165) is 45.2 Å². The average Bonchev–Trinajstić information content (AvgIpc) is 2.78. The normalized spacial score (nSPS) is 31.1. The Balaban J connectivity index is 2.04. The number of likely N-dealkylation sites (tertiary alicyclic amines) is 1. The fourth-order valence-electron chi connectivity index (χ4n) is 3.30. The van der Waals surface area contributed by atoms with Crippen molar-refractivity contribution in [2.75, 3.05) is 20.1 Å². The van der Waals surface area contributed by atoms with Crippen molar-refractivity contribution >= 4 is 23.1 Å². The first kappa shape index (κ1) is 14.7. The molecule has 1 heterocycles. The first-order valence-corrected chi connectivity index (χ1v) is 7.66. The summed E-state index contributed by atoms with van der Waals surface area (Å²) in [7, 11) is 2.09. The summed E-state index contributed by atoms with van der Waals surface area (Å²) in [5.74, 6) is 0.780. The fraction of sp³-hybridized carbons (Fsp3) is 0.857. The molecule has 1 aliphatic heterocycles. The molecule has 0 radical (unpaired) electrons. The second-order valence-corrected chi connectivity index (χ2v) is 6.69. The van der Waals surface area contributed by atoms with Crippen LogP contribution in [0.5, 0.6) is 0 Å². The van der Waals surface area contributed by atoms with Crippen LogP contribution in [0.15, 0.2) is 0 Å². The molecule has 0 bridgehead atoms. The summed E-state index contributed by atoms with van der Waals surface area (Å²) in [4.78, 5) is 15.2. The highest BCUT2D eigenvalue weighted by molar-refractivity contribution is 7.80. The lowest BCUT2D eigenvalue weighted by molar-refractivity contribution is -0.127. The molecule has 4 nitrogen and oxygen atoms in total. The third-order valence-corrected chi connectivity index (χ3v) is 5.26. The number of rotatable bonds is 3. The number of piperidine rings is 1. The molecule has 2 aliphatic rings. The van der Waals surface area contributed by atoms with Crippen LogP contribution >= 0.6 is 12.2 Å². The van der Waals surface area contributed by atoms with Crippen LogP contribution in [0.1, 0.15) is 39.0 Å². The maximum Gasteiger partial charge on any atom is 0.224 e. The molecule has 108 valence electrons. The van der Waals surface area contributed by atoms with Gasteiger partial charge in [0.15, 0.2) is 0 Å². The summed E-state index contributed by atoms with van der Waals surface area (Å²) in [6.07, 6.45) is 4.96. The van der Waals surface area contributed by atoms with Crippen molar-refractivity contribution in [1.82, 2.24) is 10.2 Å². The molecule has 0 spiro atoms. The highest BCUT2D eigenvalue weighted by Crippen LogP contribution is 2.32. The molecule has 0 aromatic heterocycles. The quantitative estimate of drug-likeness (QED) is 0.766. The molecule has 0 aromatic rings. The van der Waals surface area contributed by atoms with Crippen LogP contribution in [0, 0.1) is 11.8 Å². The van der Waals surface area contributed by atoms with E-state index in [4.69, 9.17) is 18.0 Å². The first-order chi connectivity index (χ1) is 8.94. The minimum atomic E-state index is -0.457. The van der Waals surface area contributed by atoms with Gasteiger partial charge >= 0.3 is 0 Å². The van der Waals surface area contributed by atoms with Crippen molar-refractivity contribution in [3.05, 3.63) is 0 Å². The average molecular weight is 283 g/mol. The van der Waals surface area contributed by atoms with Crippen molar-refractivity contribution in [2.45, 2.75) is 44.6 Å². The SMILES string of the molecule is CC1CCCC1C(=O)NC1(C(N)=S)CCN(C)CC1. The first-order valence-electron chi connectivity index (χ1n) is 7.25. The van der Waals surface area contributed by atoms with Gasteiger partial charge in [-0.05, 0) is 38.6 Å². The Bertz CT molecular complexity index is 364. The molecule has 1 saturated carbocycles. The molecule has 2 fully saturated rings. The smallest absolute Gasteiger partial charge is 0.224 e. The van der Waals surface area contributed by atoms with E-state index in [1.165, 1.54) is 0 Å². The zero-order valence-corrected chi connectivity index (χ0v) is 12.8. The van der Waals surface area contributed by atoms with E-state index in [9.17, 15) is 4.79 Å². The van der Waals surface area contributed by atoms with Gasteiger partial charge < -0.3 is 16.0 Å². The second kappa shape index (κ2) is 5.75. The van der Waals surface area contributed by atoms with Crippen molar-refractivity contribution in [3.8, 4) is 0 Å². The minimum absolute atomic E-state index is 0.144. The van der Waals surface area contributed by atoms with E-state index in [1.54, 1.807) is 0 Å². The molecule has 1 amide bonds. The number of amides is 1. The lowest BCUT2D eigenvalue weighted by atomic mass is 9.86. The van der Waals surface area contributed by atoms with Gasteiger partial charge in [-0.3, -0.25) is 4.79 Å². The van der Waals surface area contributed by atoms with Crippen molar-refractivity contribution in [3.63, 3.8) is 0 Å². The van der Waals surface area contributed by atoms with Crippen molar-refractivity contribution < 1.29 is 4.79 Å². The number of carbonyl (C=O) groups excluding carboxylic acids is 1. The van der Waals surface area contributed by atoms with Crippen LogP contribution in [0.3, 0.4) is 0 Å². The Morgan fingerprint density at radius 3 is 2.47 bits per heavy atom. The summed E-state index contributed by atoms with van der Waals surface area (Å²) in [6.45, 7) is 4.02. The Labute approximate surface area is 121 Å². The van der Waals surface area contributed by atoms with Gasteiger partial charge in [-0.25, -0.2) is 0 Å². The van der Waals surface area contributed by atoms with E-state index < -0.39 is 5.54 Å². The van der Waals surface area contributed by atoms with Crippen molar-refractivity contribution in [2.24, 2.45) is 17.6 Å².